The normalized spacial score (nSPS) is 16.7. The number of methoxy groups -OCH3 is 1. The van der Waals surface area contributed by atoms with E-state index in [-0.39, 0.29) is 5.91 Å². The second kappa shape index (κ2) is 9.65. The highest BCUT2D eigenvalue weighted by Gasteiger charge is 2.32. The minimum Gasteiger partial charge on any atom is -0.496 e. The number of thioether (sulfide) groups is 1. The number of benzene rings is 2. The van der Waals surface area contributed by atoms with E-state index in [1.807, 2.05) is 62.4 Å². The van der Waals surface area contributed by atoms with Crippen LogP contribution in [0.5, 0.6) is 11.5 Å². The molecular formula is C23H26N2O3S. The van der Waals surface area contributed by atoms with E-state index in [9.17, 15) is 4.79 Å². The monoisotopic (exact) mass is 410 g/mol. The lowest BCUT2D eigenvalue weighted by atomic mass is 10.1. The van der Waals surface area contributed by atoms with Crippen LogP contribution in [0.15, 0.2) is 52.4 Å². The van der Waals surface area contributed by atoms with Crippen molar-refractivity contribution in [1.82, 2.24) is 4.90 Å². The van der Waals surface area contributed by atoms with Crippen LogP contribution in [-0.2, 0) is 4.79 Å². The Balaban J connectivity index is 1.88. The molecule has 0 radical (unpaired) electrons. The first-order chi connectivity index (χ1) is 14.0. The van der Waals surface area contributed by atoms with Crippen LogP contribution in [-0.4, -0.2) is 36.2 Å². The van der Waals surface area contributed by atoms with Crippen LogP contribution in [0.1, 0.15) is 31.4 Å². The fourth-order valence-electron chi connectivity index (χ4n) is 3.05. The Bertz CT molecular complexity index is 936. The smallest absolute Gasteiger partial charge is 0.266 e. The van der Waals surface area contributed by atoms with Crippen molar-refractivity contribution in [1.29, 1.82) is 0 Å². The fourth-order valence-corrected chi connectivity index (χ4v) is 4.07. The minimum atomic E-state index is -0.00462. The highest BCUT2D eigenvalue weighted by molar-refractivity contribution is 8.18. The first-order valence-corrected chi connectivity index (χ1v) is 10.5. The molecule has 0 bridgehead atoms. The predicted molar refractivity (Wildman–Crippen MR) is 120 cm³/mol. The van der Waals surface area contributed by atoms with Crippen molar-refractivity contribution in [2.24, 2.45) is 4.99 Å². The Kier molecular flexibility index (Phi) is 6.99. The summed E-state index contributed by atoms with van der Waals surface area (Å²) in [6, 6.07) is 13.5. The van der Waals surface area contributed by atoms with E-state index in [2.05, 4.69) is 6.92 Å². The van der Waals surface area contributed by atoms with Crippen LogP contribution < -0.4 is 9.47 Å². The van der Waals surface area contributed by atoms with E-state index in [4.69, 9.17) is 14.5 Å². The molecule has 1 aliphatic rings. The third-order valence-corrected chi connectivity index (χ3v) is 5.43. The number of nitrogens with zero attached hydrogens (tertiary/aromatic N) is 2. The maximum Gasteiger partial charge on any atom is 0.266 e. The molecule has 6 heteroatoms. The molecule has 0 aliphatic carbocycles. The number of carbonyl (C=O) groups excluding carboxylic acids is 1. The third kappa shape index (κ3) is 5.01. The Hall–Kier alpha value is -2.73. The van der Waals surface area contributed by atoms with Gasteiger partial charge < -0.3 is 9.47 Å². The van der Waals surface area contributed by atoms with E-state index in [0.29, 0.717) is 23.2 Å². The summed E-state index contributed by atoms with van der Waals surface area (Å²) in [5.74, 6) is 1.64. The summed E-state index contributed by atoms with van der Waals surface area (Å²) in [5, 5.41) is 0.706. The molecule has 0 unspecified atom stereocenters. The van der Waals surface area contributed by atoms with Gasteiger partial charge in [-0.2, -0.15) is 0 Å². The van der Waals surface area contributed by atoms with Crippen LogP contribution >= 0.6 is 11.8 Å². The van der Waals surface area contributed by atoms with Gasteiger partial charge in [-0.1, -0.05) is 13.0 Å². The maximum atomic E-state index is 13.0. The number of carbonyl (C=O) groups is 1. The number of amidine groups is 1. The van der Waals surface area contributed by atoms with Gasteiger partial charge >= 0.3 is 0 Å². The molecular weight excluding hydrogens is 384 g/mol. The van der Waals surface area contributed by atoms with Crippen molar-refractivity contribution in [2.75, 3.05) is 20.3 Å². The van der Waals surface area contributed by atoms with Gasteiger partial charge in [0.2, 0.25) is 0 Å². The number of rotatable bonds is 7. The Morgan fingerprint density at radius 1 is 1.14 bits per heavy atom. The number of aliphatic imine (C=N–C) groups is 1. The summed E-state index contributed by atoms with van der Waals surface area (Å²) in [6.45, 7) is 7.27. The molecule has 2 aromatic carbocycles. The first-order valence-electron chi connectivity index (χ1n) is 9.73. The van der Waals surface area contributed by atoms with Crippen molar-refractivity contribution in [2.45, 2.75) is 27.2 Å². The molecule has 0 N–H and O–H groups in total. The van der Waals surface area contributed by atoms with Gasteiger partial charge in [0.1, 0.15) is 11.5 Å². The molecule has 1 fully saturated rings. The largest absolute Gasteiger partial charge is 0.496 e. The van der Waals surface area contributed by atoms with Crippen molar-refractivity contribution >= 4 is 34.6 Å². The quantitative estimate of drug-likeness (QED) is 0.572. The van der Waals surface area contributed by atoms with Gasteiger partial charge in [-0.3, -0.25) is 9.69 Å². The second-order valence-electron chi connectivity index (χ2n) is 6.62. The lowest BCUT2D eigenvalue weighted by molar-refractivity contribution is -0.122. The lowest BCUT2D eigenvalue weighted by Gasteiger charge is -2.14. The van der Waals surface area contributed by atoms with Gasteiger partial charge in [0.15, 0.2) is 5.17 Å². The average Bonchev–Trinajstić information content (AvgIpc) is 2.99. The first kappa shape index (κ1) is 21.0. The molecule has 0 saturated carbocycles. The van der Waals surface area contributed by atoms with E-state index in [0.717, 1.165) is 34.7 Å². The number of aryl methyl sites for hydroxylation is 1. The Morgan fingerprint density at radius 2 is 1.90 bits per heavy atom. The zero-order valence-corrected chi connectivity index (χ0v) is 18.1. The van der Waals surface area contributed by atoms with E-state index in [1.165, 1.54) is 11.8 Å². The van der Waals surface area contributed by atoms with Crippen molar-refractivity contribution in [3.63, 3.8) is 0 Å². The lowest BCUT2D eigenvalue weighted by Crippen LogP contribution is -2.29. The molecule has 3 rings (SSSR count). The standard InChI is InChI=1S/C23H26N2O3S/c1-5-13-25-22(26)21(15-17-7-12-20(27-4)16(3)14-17)29-23(25)24-18-8-10-19(11-9-18)28-6-2/h7-12,14-15H,5-6,13H2,1-4H3/b21-15-,24-23?. The average molecular weight is 411 g/mol. The summed E-state index contributed by atoms with van der Waals surface area (Å²) in [6.07, 6.45) is 2.78. The SMILES string of the molecule is CCCN1C(=O)/C(=C/c2ccc(OC)c(C)c2)SC1=Nc1ccc(OCC)cc1. The van der Waals surface area contributed by atoms with Crippen molar-refractivity contribution in [3.05, 3.63) is 58.5 Å². The van der Waals surface area contributed by atoms with Crippen molar-refractivity contribution in [3.8, 4) is 11.5 Å². The number of hydrogen-bond acceptors (Lipinski definition) is 5. The molecule has 152 valence electrons. The van der Waals surface area contributed by atoms with Crippen LogP contribution in [0.4, 0.5) is 5.69 Å². The molecule has 1 heterocycles. The van der Waals surface area contributed by atoms with Gasteiger partial charge in [-0.15, -0.1) is 0 Å². The van der Waals surface area contributed by atoms with E-state index >= 15 is 0 Å². The van der Waals surface area contributed by atoms with Crippen LogP contribution in [0.3, 0.4) is 0 Å². The van der Waals surface area contributed by atoms with Gasteiger partial charge in [0, 0.05) is 6.54 Å². The summed E-state index contributed by atoms with van der Waals surface area (Å²) in [7, 11) is 1.66. The predicted octanol–water partition coefficient (Wildman–Crippen LogP) is 5.42. The highest BCUT2D eigenvalue weighted by atomic mass is 32.2. The summed E-state index contributed by atoms with van der Waals surface area (Å²) < 4.78 is 10.8. The van der Waals surface area contributed by atoms with E-state index in [1.54, 1.807) is 12.0 Å². The molecule has 1 amide bonds. The zero-order chi connectivity index (χ0) is 20.8. The molecule has 0 aromatic heterocycles. The topological polar surface area (TPSA) is 51.1 Å². The molecule has 1 aliphatic heterocycles. The van der Waals surface area contributed by atoms with Gasteiger partial charge in [0.05, 0.1) is 24.3 Å². The fraction of sp³-hybridized carbons (Fsp3) is 0.304. The number of hydrogen-bond donors (Lipinski definition) is 0. The maximum absolute atomic E-state index is 13.0. The number of amides is 1. The van der Waals surface area contributed by atoms with Gasteiger partial charge in [-0.25, -0.2) is 4.99 Å². The third-order valence-electron chi connectivity index (χ3n) is 4.42. The van der Waals surface area contributed by atoms with Gasteiger partial charge in [0.25, 0.3) is 5.91 Å². The summed E-state index contributed by atoms with van der Waals surface area (Å²) in [4.78, 5) is 20.1. The van der Waals surface area contributed by atoms with Crippen LogP contribution in [0, 0.1) is 6.92 Å². The minimum absolute atomic E-state index is 0.00462. The van der Waals surface area contributed by atoms with Crippen LogP contribution in [0.2, 0.25) is 0 Å². The summed E-state index contributed by atoms with van der Waals surface area (Å²) in [5.41, 5.74) is 2.80. The molecule has 0 spiro atoms. The molecule has 5 nitrogen and oxygen atoms in total. The second-order valence-corrected chi connectivity index (χ2v) is 7.63. The summed E-state index contributed by atoms with van der Waals surface area (Å²) >= 11 is 1.41. The number of ether oxygens (including phenoxy) is 2. The molecule has 0 atom stereocenters. The van der Waals surface area contributed by atoms with E-state index < -0.39 is 0 Å². The van der Waals surface area contributed by atoms with Gasteiger partial charge in [-0.05, 0) is 85.6 Å². The Morgan fingerprint density at radius 3 is 2.52 bits per heavy atom. The highest BCUT2D eigenvalue weighted by Crippen LogP contribution is 2.35. The molecule has 29 heavy (non-hydrogen) atoms. The van der Waals surface area contributed by atoms with Crippen LogP contribution in [0.25, 0.3) is 6.08 Å². The molecule has 1 saturated heterocycles. The van der Waals surface area contributed by atoms with Crippen molar-refractivity contribution < 1.29 is 14.3 Å². The molecule has 2 aromatic rings. The zero-order valence-electron chi connectivity index (χ0n) is 17.3. The Labute approximate surface area is 176 Å².